The third kappa shape index (κ3) is 2.94. The van der Waals surface area contributed by atoms with Crippen molar-refractivity contribution in [2.75, 3.05) is 6.61 Å². The first-order valence-electron chi connectivity index (χ1n) is 10.9. The summed E-state index contributed by atoms with van der Waals surface area (Å²) >= 11 is 0. The summed E-state index contributed by atoms with van der Waals surface area (Å²) in [7, 11) is 0. The second-order valence-electron chi connectivity index (χ2n) is 10.3. The smallest absolute Gasteiger partial charge is 0.302 e. The van der Waals surface area contributed by atoms with Crippen molar-refractivity contribution in [3.05, 3.63) is 23.8 Å². The maximum absolute atomic E-state index is 15.4. The van der Waals surface area contributed by atoms with Gasteiger partial charge >= 0.3 is 5.97 Å². The number of alkyl halides is 1. The lowest BCUT2D eigenvalue weighted by atomic mass is 9.46. The van der Waals surface area contributed by atoms with Crippen molar-refractivity contribution in [3.8, 4) is 0 Å². The second kappa shape index (κ2) is 7.11. The van der Waals surface area contributed by atoms with Crippen LogP contribution in [0.15, 0.2) is 23.8 Å². The fourth-order valence-electron chi connectivity index (χ4n) is 7.77. The quantitative estimate of drug-likeness (QED) is 0.712. The predicted molar refractivity (Wildman–Crippen MR) is 108 cm³/mol. The Hall–Kier alpha value is -1.82. The maximum atomic E-state index is 15.4. The van der Waals surface area contributed by atoms with E-state index < -0.39 is 35.7 Å². The predicted octanol–water partition coefficient (Wildman–Crippen LogP) is 3.21. The molecule has 0 aromatic carbocycles. The minimum atomic E-state index is -1.24. The van der Waals surface area contributed by atoms with Crippen LogP contribution in [0.25, 0.3) is 0 Å². The zero-order valence-electron chi connectivity index (χ0n) is 18.1. The van der Waals surface area contributed by atoms with Crippen LogP contribution in [0, 0.1) is 40.4 Å². The first-order valence-corrected chi connectivity index (χ1v) is 10.9. The summed E-state index contributed by atoms with van der Waals surface area (Å²) in [5, 5.41) is 9.58. The Balaban J connectivity index is 1.83. The first-order chi connectivity index (χ1) is 14.0. The lowest BCUT2D eigenvalue weighted by Gasteiger charge is -2.59. The van der Waals surface area contributed by atoms with E-state index in [1.165, 1.54) is 19.1 Å². The van der Waals surface area contributed by atoms with Gasteiger partial charge in [-0.3, -0.25) is 14.4 Å². The molecular formula is C24H31FO5. The molecule has 4 aliphatic rings. The highest BCUT2D eigenvalue weighted by molar-refractivity contribution is 6.01. The van der Waals surface area contributed by atoms with E-state index in [2.05, 4.69) is 0 Å². The van der Waals surface area contributed by atoms with E-state index >= 15 is 4.39 Å². The number of aliphatic hydroxyl groups is 1. The largest absolute Gasteiger partial charge is 0.462 e. The number of rotatable bonds is 3. The Morgan fingerprint density at radius 3 is 2.63 bits per heavy atom. The molecule has 1 N–H and O–H groups in total. The van der Waals surface area contributed by atoms with E-state index in [1.807, 2.05) is 20.8 Å². The van der Waals surface area contributed by atoms with Gasteiger partial charge in [0.2, 0.25) is 0 Å². The normalized spacial score (nSPS) is 47.1. The number of aliphatic hydroxyl groups excluding tert-OH is 1. The Bertz CT molecular complexity index is 847. The third-order valence-electron chi connectivity index (χ3n) is 8.61. The summed E-state index contributed by atoms with van der Waals surface area (Å²) in [4.78, 5) is 36.7. The highest BCUT2D eigenvalue weighted by Gasteiger charge is 2.66. The zero-order valence-corrected chi connectivity index (χ0v) is 18.1. The average Bonchev–Trinajstić information content (AvgIpc) is 2.92. The van der Waals surface area contributed by atoms with Crippen LogP contribution in [0.2, 0.25) is 0 Å². The average molecular weight is 419 g/mol. The van der Waals surface area contributed by atoms with E-state index in [0.717, 1.165) is 6.42 Å². The van der Waals surface area contributed by atoms with Crippen LogP contribution < -0.4 is 0 Å². The Morgan fingerprint density at radius 1 is 1.30 bits per heavy atom. The molecule has 3 saturated carbocycles. The molecule has 30 heavy (non-hydrogen) atoms. The fourth-order valence-corrected chi connectivity index (χ4v) is 7.77. The summed E-state index contributed by atoms with van der Waals surface area (Å²) in [5.41, 5.74) is -0.697. The Kier molecular flexibility index (Phi) is 5.08. The summed E-state index contributed by atoms with van der Waals surface area (Å²) < 4.78 is 21.3. The highest BCUT2D eigenvalue weighted by atomic mass is 19.1. The van der Waals surface area contributed by atoms with Gasteiger partial charge in [-0.15, -0.1) is 0 Å². The molecule has 0 aliphatic heterocycles. The highest BCUT2D eigenvalue weighted by Crippen LogP contribution is 2.67. The number of hydrogen-bond acceptors (Lipinski definition) is 5. The molecule has 0 aromatic heterocycles. The van der Waals surface area contributed by atoms with Crippen LogP contribution >= 0.6 is 0 Å². The number of esters is 1. The van der Waals surface area contributed by atoms with Crippen LogP contribution in [0.1, 0.15) is 47.0 Å². The molecular weight excluding hydrogens is 387 g/mol. The van der Waals surface area contributed by atoms with Crippen LogP contribution in [0.5, 0.6) is 0 Å². The van der Waals surface area contributed by atoms with Crippen molar-refractivity contribution in [1.82, 2.24) is 0 Å². The summed E-state index contributed by atoms with van der Waals surface area (Å²) in [5.74, 6) is -1.21. The molecule has 3 fully saturated rings. The van der Waals surface area contributed by atoms with Crippen LogP contribution in [0.3, 0.4) is 0 Å². The lowest BCUT2D eigenvalue weighted by molar-refractivity contribution is -0.174. The summed E-state index contributed by atoms with van der Waals surface area (Å²) in [6.07, 6.45) is 4.52. The van der Waals surface area contributed by atoms with Crippen LogP contribution in [-0.4, -0.2) is 41.5 Å². The number of hydrogen-bond donors (Lipinski definition) is 1. The van der Waals surface area contributed by atoms with Gasteiger partial charge in [0.25, 0.3) is 0 Å². The van der Waals surface area contributed by atoms with Crippen molar-refractivity contribution in [2.45, 2.75) is 59.2 Å². The van der Waals surface area contributed by atoms with Crippen molar-refractivity contribution in [3.63, 3.8) is 0 Å². The minimum Gasteiger partial charge on any atom is -0.462 e. The number of fused-ring (bicyclic) bond motifs is 5. The molecule has 0 spiro atoms. The Labute approximate surface area is 176 Å². The molecule has 0 unspecified atom stereocenters. The van der Waals surface area contributed by atoms with E-state index in [4.69, 9.17) is 4.74 Å². The van der Waals surface area contributed by atoms with Gasteiger partial charge in [0.15, 0.2) is 11.6 Å². The zero-order chi connectivity index (χ0) is 22.0. The fraction of sp³-hybridized carbons (Fsp3) is 0.708. The molecule has 0 heterocycles. The van der Waals surface area contributed by atoms with E-state index in [1.54, 1.807) is 6.08 Å². The molecule has 6 heteroatoms. The first kappa shape index (κ1) is 21.4. The van der Waals surface area contributed by atoms with Gasteiger partial charge in [0, 0.05) is 24.2 Å². The molecule has 0 radical (unpaired) electrons. The van der Waals surface area contributed by atoms with Crippen molar-refractivity contribution in [2.24, 2.45) is 40.4 Å². The molecule has 0 amide bonds. The number of ketones is 2. The monoisotopic (exact) mass is 418 g/mol. The van der Waals surface area contributed by atoms with Gasteiger partial charge in [-0.1, -0.05) is 26.8 Å². The number of allylic oxidation sites excluding steroid dienone is 4. The number of halogens is 1. The molecule has 5 nitrogen and oxygen atoms in total. The van der Waals surface area contributed by atoms with E-state index in [-0.39, 0.29) is 47.6 Å². The molecule has 4 rings (SSSR count). The topological polar surface area (TPSA) is 80.7 Å². The van der Waals surface area contributed by atoms with Crippen molar-refractivity contribution >= 4 is 17.5 Å². The lowest BCUT2D eigenvalue weighted by Crippen LogP contribution is -2.59. The second-order valence-corrected chi connectivity index (χ2v) is 10.3. The SMILES string of the molecule is CC(=O)O[C@H]1C[C@@]2(C)[C@@H](C[C@@H](C)[C@@H]2C(=O)CO)[C@@H]2C[C@H](F)C3=CC(=O)C=C[C@]3(C)[C@H]21. The number of carbonyl (C=O) groups excluding carboxylic acids is 3. The standard InChI is InChI=1S/C24H31FO5/c1-12-7-16-15-9-18(25)17-8-14(28)5-6-23(17,3)22(15)20(30-13(2)27)10-24(16,4)21(12)19(29)11-26/h5-6,8,12,15-16,18,20-22,26H,7,9-11H2,1-4H3/t12-,15+,16+,18+,20+,21-,22-,23+,24+/m1/s1. The number of ether oxygens (including phenoxy) is 1. The third-order valence-corrected chi connectivity index (χ3v) is 8.61. The maximum Gasteiger partial charge on any atom is 0.302 e. The number of carbonyl (C=O) groups is 3. The van der Waals surface area contributed by atoms with E-state index in [9.17, 15) is 19.5 Å². The molecule has 4 aliphatic carbocycles. The Morgan fingerprint density at radius 2 is 2.00 bits per heavy atom. The van der Waals surface area contributed by atoms with Crippen LogP contribution in [-0.2, 0) is 19.1 Å². The summed E-state index contributed by atoms with van der Waals surface area (Å²) in [6, 6.07) is 0. The van der Waals surface area contributed by atoms with Crippen molar-refractivity contribution in [1.29, 1.82) is 0 Å². The summed E-state index contributed by atoms with van der Waals surface area (Å²) in [6.45, 7) is 6.88. The van der Waals surface area contributed by atoms with Crippen molar-refractivity contribution < 1.29 is 28.6 Å². The molecule has 0 saturated heterocycles. The van der Waals surface area contributed by atoms with Gasteiger partial charge in [-0.2, -0.15) is 0 Å². The van der Waals surface area contributed by atoms with Gasteiger partial charge < -0.3 is 9.84 Å². The minimum absolute atomic E-state index is 0.0719. The molecule has 164 valence electrons. The van der Waals surface area contributed by atoms with Gasteiger partial charge in [0.1, 0.15) is 18.9 Å². The van der Waals surface area contributed by atoms with Gasteiger partial charge in [0.05, 0.1) is 0 Å². The number of Topliss-reactive ketones (excluding diaryl/α,β-unsaturated/α-hetero) is 1. The molecule has 0 bridgehead atoms. The van der Waals surface area contributed by atoms with E-state index in [0.29, 0.717) is 12.0 Å². The van der Waals surface area contributed by atoms with Crippen LogP contribution in [0.4, 0.5) is 4.39 Å². The molecule has 0 aromatic rings. The molecule has 9 atom stereocenters. The van der Waals surface area contributed by atoms with Gasteiger partial charge in [-0.05, 0) is 60.2 Å². The van der Waals surface area contributed by atoms with Gasteiger partial charge in [-0.25, -0.2) is 4.39 Å².